The maximum atomic E-state index is 12.6. The van der Waals surface area contributed by atoms with Crippen LogP contribution in [0.3, 0.4) is 0 Å². The van der Waals surface area contributed by atoms with Gasteiger partial charge in [-0.1, -0.05) is 5.10 Å². The normalized spacial score (nSPS) is 16.0. The number of allylic oxidation sites excluding steroid dienone is 1. The average Bonchev–Trinajstić information content (AvgIpc) is 3.07. The molecule has 0 aliphatic carbocycles. The van der Waals surface area contributed by atoms with Gasteiger partial charge in [0.05, 0.1) is 30.9 Å². The molecule has 1 atom stereocenters. The highest BCUT2D eigenvalue weighted by atomic mass is 79.9. The highest BCUT2D eigenvalue weighted by molar-refractivity contribution is 9.10. The highest BCUT2D eigenvalue weighted by Gasteiger charge is 2.35. The molecule has 2 aromatic rings. The second-order valence-electron chi connectivity index (χ2n) is 5.47. The van der Waals surface area contributed by atoms with Crippen LogP contribution < -0.4 is 14.8 Å². The zero-order valence-electron chi connectivity index (χ0n) is 14.7. The summed E-state index contributed by atoms with van der Waals surface area (Å²) in [6.07, 6.45) is 0. The number of tetrazole rings is 1. The van der Waals surface area contributed by atoms with Crippen molar-refractivity contribution in [2.45, 2.75) is 19.9 Å². The first-order valence-electron chi connectivity index (χ1n) is 7.86. The molecule has 138 valence electrons. The molecule has 3 rings (SSSR count). The quantitative estimate of drug-likeness (QED) is 0.730. The van der Waals surface area contributed by atoms with Gasteiger partial charge < -0.3 is 19.5 Å². The zero-order chi connectivity index (χ0) is 18.8. The number of hydrogen-bond acceptors (Lipinski definition) is 8. The van der Waals surface area contributed by atoms with Gasteiger partial charge in [-0.05, 0) is 57.9 Å². The Morgan fingerprint density at radius 2 is 2.12 bits per heavy atom. The third-order valence-corrected chi connectivity index (χ3v) is 4.57. The fourth-order valence-corrected chi connectivity index (χ4v) is 3.51. The minimum atomic E-state index is -0.573. The number of hydrogen-bond donors (Lipinski definition) is 1. The topological polar surface area (TPSA) is 100 Å². The first-order chi connectivity index (χ1) is 12.5. The van der Waals surface area contributed by atoms with E-state index in [2.05, 4.69) is 36.8 Å². The molecule has 0 fully saturated rings. The second kappa shape index (κ2) is 7.32. The third kappa shape index (κ3) is 3.00. The van der Waals surface area contributed by atoms with Crippen molar-refractivity contribution in [3.05, 3.63) is 33.4 Å². The van der Waals surface area contributed by atoms with Crippen LogP contribution in [-0.2, 0) is 9.53 Å². The maximum Gasteiger partial charge on any atom is 0.338 e. The van der Waals surface area contributed by atoms with E-state index in [1.807, 2.05) is 6.07 Å². The van der Waals surface area contributed by atoms with Crippen molar-refractivity contribution in [1.82, 2.24) is 20.2 Å². The number of ether oxygens (including phenoxy) is 3. The molecule has 1 aromatic carbocycles. The number of nitrogens with zero attached hydrogens (tertiary/aromatic N) is 4. The van der Waals surface area contributed by atoms with E-state index in [4.69, 9.17) is 14.2 Å². The van der Waals surface area contributed by atoms with Crippen LogP contribution in [0.1, 0.15) is 25.5 Å². The molecular formula is C16H18BrN5O4. The number of fused-ring (bicyclic) bond motifs is 1. The molecule has 10 heteroatoms. The van der Waals surface area contributed by atoms with Crippen molar-refractivity contribution < 1.29 is 19.0 Å². The fourth-order valence-electron chi connectivity index (χ4n) is 2.89. The molecule has 9 nitrogen and oxygen atoms in total. The smallest absolute Gasteiger partial charge is 0.338 e. The van der Waals surface area contributed by atoms with Gasteiger partial charge in [0, 0.05) is 5.70 Å². The summed E-state index contributed by atoms with van der Waals surface area (Å²) < 4.78 is 18.2. The minimum absolute atomic E-state index is 0.264. The zero-order valence-corrected chi connectivity index (χ0v) is 16.3. The summed E-state index contributed by atoms with van der Waals surface area (Å²) in [6.45, 7) is 3.81. The molecule has 0 amide bonds. The lowest BCUT2D eigenvalue weighted by atomic mass is 9.95. The van der Waals surface area contributed by atoms with Crippen molar-refractivity contribution in [3.8, 4) is 11.5 Å². The first-order valence-corrected chi connectivity index (χ1v) is 8.65. The number of carbonyl (C=O) groups excluding carboxylic acids is 1. The minimum Gasteiger partial charge on any atom is -0.493 e. The Hall–Kier alpha value is -2.62. The second-order valence-corrected chi connectivity index (χ2v) is 6.33. The summed E-state index contributed by atoms with van der Waals surface area (Å²) in [7, 11) is 3.10. The molecule has 2 heterocycles. The largest absolute Gasteiger partial charge is 0.493 e. The molecule has 1 aliphatic heterocycles. The number of esters is 1. The summed E-state index contributed by atoms with van der Waals surface area (Å²) in [5.41, 5.74) is 1.79. The lowest BCUT2D eigenvalue weighted by molar-refractivity contribution is -0.139. The summed E-state index contributed by atoms with van der Waals surface area (Å²) in [6, 6.07) is 3.06. The van der Waals surface area contributed by atoms with Crippen molar-refractivity contribution in [1.29, 1.82) is 0 Å². The number of anilines is 1. The van der Waals surface area contributed by atoms with Crippen LogP contribution in [0.15, 0.2) is 27.9 Å². The van der Waals surface area contributed by atoms with Gasteiger partial charge in [0.25, 0.3) is 0 Å². The number of rotatable bonds is 5. The number of halogens is 1. The Bertz CT molecular complexity index is 880. The van der Waals surface area contributed by atoms with E-state index in [1.165, 1.54) is 4.68 Å². The molecule has 0 bridgehead atoms. The molecule has 1 unspecified atom stereocenters. The first kappa shape index (κ1) is 18.2. The highest BCUT2D eigenvalue weighted by Crippen LogP contribution is 2.42. The number of benzene rings is 1. The van der Waals surface area contributed by atoms with Crippen LogP contribution in [0, 0.1) is 0 Å². The predicted molar refractivity (Wildman–Crippen MR) is 96.2 cm³/mol. The molecule has 1 aromatic heterocycles. The van der Waals surface area contributed by atoms with Crippen molar-refractivity contribution in [2.24, 2.45) is 0 Å². The molecule has 26 heavy (non-hydrogen) atoms. The lowest BCUT2D eigenvalue weighted by Gasteiger charge is -2.28. The van der Waals surface area contributed by atoms with E-state index in [1.54, 1.807) is 34.1 Å². The molecular weight excluding hydrogens is 406 g/mol. The van der Waals surface area contributed by atoms with Gasteiger partial charge in [-0.15, -0.1) is 0 Å². The average molecular weight is 424 g/mol. The van der Waals surface area contributed by atoms with Crippen LogP contribution in [0.5, 0.6) is 11.5 Å². The van der Waals surface area contributed by atoms with Crippen LogP contribution >= 0.6 is 15.9 Å². The summed E-state index contributed by atoms with van der Waals surface area (Å²) in [4.78, 5) is 12.6. The Labute approximate surface area is 158 Å². The Morgan fingerprint density at radius 1 is 1.35 bits per heavy atom. The molecule has 0 saturated heterocycles. The summed E-state index contributed by atoms with van der Waals surface area (Å²) in [5.74, 6) is 1.08. The van der Waals surface area contributed by atoms with Crippen LogP contribution in [0.4, 0.5) is 5.95 Å². The molecule has 0 radical (unpaired) electrons. The van der Waals surface area contributed by atoms with Crippen LogP contribution in [0.2, 0.25) is 0 Å². The van der Waals surface area contributed by atoms with Crippen molar-refractivity contribution in [2.75, 3.05) is 26.1 Å². The Kier molecular flexibility index (Phi) is 5.12. The third-order valence-electron chi connectivity index (χ3n) is 3.98. The molecule has 1 N–H and O–H groups in total. The van der Waals surface area contributed by atoms with E-state index >= 15 is 0 Å². The van der Waals surface area contributed by atoms with E-state index < -0.39 is 12.0 Å². The maximum absolute atomic E-state index is 12.6. The fraction of sp³-hybridized carbons (Fsp3) is 0.375. The van der Waals surface area contributed by atoms with E-state index in [0.29, 0.717) is 33.2 Å². The van der Waals surface area contributed by atoms with Gasteiger partial charge in [0.2, 0.25) is 5.95 Å². The van der Waals surface area contributed by atoms with Crippen LogP contribution in [0.25, 0.3) is 0 Å². The van der Waals surface area contributed by atoms with Gasteiger partial charge in [0.15, 0.2) is 11.5 Å². The monoisotopic (exact) mass is 423 g/mol. The van der Waals surface area contributed by atoms with Gasteiger partial charge in [-0.2, -0.15) is 4.68 Å². The van der Waals surface area contributed by atoms with Gasteiger partial charge in [0.1, 0.15) is 6.04 Å². The van der Waals surface area contributed by atoms with E-state index in [0.717, 1.165) is 5.56 Å². The van der Waals surface area contributed by atoms with Gasteiger partial charge >= 0.3 is 5.97 Å². The molecule has 1 aliphatic rings. The van der Waals surface area contributed by atoms with E-state index in [-0.39, 0.29) is 6.61 Å². The van der Waals surface area contributed by atoms with E-state index in [9.17, 15) is 4.79 Å². The standard InChI is InChI=1S/C16H18BrN5O4/c1-5-26-15(23)12-8(2)18-16-19-20-21-22(16)13(12)9-6-10(17)14(25-4)11(7-9)24-3/h6-7,13H,5H2,1-4H3,(H,18,19,21). The number of aromatic nitrogens is 4. The molecule has 0 spiro atoms. The SMILES string of the molecule is CCOC(=O)C1=C(C)Nc2nnnn2C1c1cc(Br)c(OC)c(OC)c1. The Morgan fingerprint density at radius 3 is 2.77 bits per heavy atom. The van der Waals surface area contributed by atoms with Crippen LogP contribution in [-0.4, -0.2) is 47.0 Å². The van der Waals surface area contributed by atoms with Crippen molar-refractivity contribution >= 4 is 27.8 Å². The summed E-state index contributed by atoms with van der Waals surface area (Å²) >= 11 is 3.49. The van der Waals surface area contributed by atoms with Crippen molar-refractivity contribution in [3.63, 3.8) is 0 Å². The number of nitrogens with one attached hydrogen (secondary N) is 1. The predicted octanol–water partition coefficient (Wildman–Crippen LogP) is 2.30. The molecule has 0 saturated carbocycles. The summed E-state index contributed by atoms with van der Waals surface area (Å²) in [5, 5.41) is 14.7. The Balaban J connectivity index is 2.20. The van der Waals surface area contributed by atoms with Gasteiger partial charge in [-0.3, -0.25) is 0 Å². The lowest BCUT2D eigenvalue weighted by Crippen LogP contribution is -2.29. The van der Waals surface area contributed by atoms with Gasteiger partial charge in [-0.25, -0.2) is 4.79 Å². The number of methoxy groups -OCH3 is 2. The number of carbonyl (C=O) groups is 1.